The summed E-state index contributed by atoms with van der Waals surface area (Å²) in [7, 11) is 0. The molecular weight excluding hydrogens is 428 g/mol. The number of carbonyl (C=O) groups excluding carboxylic acids is 1. The van der Waals surface area contributed by atoms with Crippen molar-refractivity contribution < 1.29 is 29.3 Å². The molecule has 0 aliphatic rings. The molecule has 0 rings (SSSR count). The summed E-state index contributed by atoms with van der Waals surface area (Å²) in [6.45, 7) is 18.8. The zero-order valence-electron chi connectivity index (χ0n) is 19.8. The van der Waals surface area contributed by atoms with Gasteiger partial charge in [0.15, 0.2) is 0 Å². The average Bonchev–Trinajstić information content (AvgIpc) is 2.48. The van der Waals surface area contributed by atoms with E-state index in [1.165, 1.54) is 11.8 Å². The molecule has 0 heterocycles. The van der Waals surface area contributed by atoms with Gasteiger partial charge in [0.2, 0.25) is 0 Å². The summed E-state index contributed by atoms with van der Waals surface area (Å²) in [6.07, 6.45) is -0.977. The molecule has 30 heavy (non-hydrogen) atoms. The number of aliphatic carboxylic acids is 2. The molecule has 8 nitrogen and oxygen atoms in total. The first kappa shape index (κ1) is 31.1. The first-order valence-corrected chi connectivity index (χ1v) is 11.6. The number of carboxylic acids is 2. The predicted octanol–water partition coefficient (Wildman–Crippen LogP) is 3.81. The Hall–Kier alpha value is -1.13. The normalized spacial score (nSPS) is 14.1. The summed E-state index contributed by atoms with van der Waals surface area (Å²) in [6, 6.07) is -1.79. The number of carboxylic acid groups (broad SMARTS) is 2. The minimum Gasteiger partial charge on any atom is -0.480 e. The molecule has 0 spiro atoms. The van der Waals surface area contributed by atoms with Crippen molar-refractivity contribution in [3.63, 3.8) is 0 Å². The van der Waals surface area contributed by atoms with Crippen LogP contribution in [0, 0.1) is 0 Å². The number of ether oxygens (including phenoxy) is 1. The van der Waals surface area contributed by atoms with E-state index in [1.54, 1.807) is 39.5 Å². The molecule has 0 bridgehead atoms. The Morgan fingerprint density at radius 3 is 1.53 bits per heavy atom. The second-order valence-electron chi connectivity index (χ2n) is 8.73. The van der Waals surface area contributed by atoms with Crippen LogP contribution in [-0.4, -0.2) is 66.4 Å². The van der Waals surface area contributed by atoms with Gasteiger partial charge in [0.25, 0.3) is 0 Å². The third-order valence-electron chi connectivity index (χ3n) is 3.64. The second-order valence-corrected chi connectivity index (χ2v) is 13.2. The van der Waals surface area contributed by atoms with Crippen LogP contribution in [0.5, 0.6) is 0 Å². The minimum absolute atomic E-state index is 0.268. The fraction of sp³-hybridized carbons (Fsp3) is 0.850. The Bertz CT molecular complexity index is 565. The Morgan fingerprint density at radius 2 is 1.23 bits per heavy atom. The highest BCUT2D eigenvalue weighted by molar-refractivity contribution is 8.01. The summed E-state index contributed by atoms with van der Waals surface area (Å²) in [5.41, 5.74) is 5.52. The number of hydrogen-bond acceptors (Lipinski definition) is 7. The number of nitrogens with one attached hydrogen (secondary N) is 1. The van der Waals surface area contributed by atoms with Crippen LogP contribution in [0.25, 0.3) is 0 Å². The largest absolute Gasteiger partial charge is 0.480 e. The zero-order valence-corrected chi connectivity index (χ0v) is 21.4. The molecular formula is C20H40N2O6S2. The maximum Gasteiger partial charge on any atom is 0.408 e. The third kappa shape index (κ3) is 13.2. The molecule has 2 unspecified atom stereocenters. The molecule has 0 aliphatic heterocycles. The second kappa shape index (κ2) is 13.3. The van der Waals surface area contributed by atoms with Gasteiger partial charge in [0.05, 0.1) is 6.10 Å². The predicted molar refractivity (Wildman–Crippen MR) is 125 cm³/mol. The molecule has 0 saturated carbocycles. The number of thioether (sulfide) groups is 2. The Labute approximate surface area is 189 Å². The molecule has 0 radical (unpaired) electrons. The van der Waals surface area contributed by atoms with Gasteiger partial charge in [-0.3, -0.25) is 4.79 Å². The van der Waals surface area contributed by atoms with Gasteiger partial charge < -0.3 is 26.0 Å². The van der Waals surface area contributed by atoms with Crippen molar-refractivity contribution in [1.82, 2.24) is 5.32 Å². The van der Waals surface area contributed by atoms with E-state index in [9.17, 15) is 19.5 Å². The lowest BCUT2D eigenvalue weighted by Gasteiger charge is -2.32. The summed E-state index contributed by atoms with van der Waals surface area (Å²) in [4.78, 5) is 33.3. The van der Waals surface area contributed by atoms with E-state index in [-0.39, 0.29) is 11.4 Å². The van der Waals surface area contributed by atoms with Crippen molar-refractivity contribution in [2.24, 2.45) is 5.73 Å². The lowest BCUT2D eigenvalue weighted by molar-refractivity contribution is -0.140. The third-order valence-corrected chi connectivity index (χ3v) is 6.29. The van der Waals surface area contributed by atoms with Gasteiger partial charge in [-0.05, 0) is 52.0 Å². The molecule has 1 amide bonds. The number of carbonyl (C=O) groups is 3. The molecule has 0 aliphatic carbocycles. The maximum atomic E-state index is 11.5. The van der Waals surface area contributed by atoms with E-state index in [1.807, 2.05) is 41.5 Å². The van der Waals surface area contributed by atoms with Crippen molar-refractivity contribution >= 4 is 41.6 Å². The summed E-state index contributed by atoms with van der Waals surface area (Å²) >= 11 is 3.09. The molecule has 0 saturated heterocycles. The highest BCUT2D eigenvalue weighted by atomic mass is 32.2. The number of rotatable bonds is 10. The monoisotopic (exact) mass is 468 g/mol. The van der Waals surface area contributed by atoms with Gasteiger partial charge in [-0.2, -0.15) is 23.5 Å². The van der Waals surface area contributed by atoms with Crippen LogP contribution in [-0.2, 0) is 14.3 Å². The number of nitrogens with two attached hydrogens (primary N) is 1. The van der Waals surface area contributed by atoms with Crippen LogP contribution in [0.4, 0.5) is 4.79 Å². The molecule has 10 heteroatoms. The van der Waals surface area contributed by atoms with Crippen molar-refractivity contribution in [1.29, 1.82) is 0 Å². The van der Waals surface area contributed by atoms with Crippen molar-refractivity contribution in [2.45, 2.75) is 107 Å². The van der Waals surface area contributed by atoms with Gasteiger partial charge in [-0.25, -0.2) is 9.59 Å². The van der Waals surface area contributed by atoms with Gasteiger partial charge in [0.1, 0.15) is 12.1 Å². The first-order valence-electron chi connectivity index (χ1n) is 9.87. The molecule has 178 valence electrons. The van der Waals surface area contributed by atoms with Crippen LogP contribution in [0.3, 0.4) is 0 Å². The van der Waals surface area contributed by atoms with Gasteiger partial charge in [0, 0.05) is 9.49 Å². The Kier molecular flexibility index (Phi) is 13.8. The number of hydrogen-bond donors (Lipinski definition) is 4. The van der Waals surface area contributed by atoms with Gasteiger partial charge >= 0.3 is 18.0 Å². The van der Waals surface area contributed by atoms with Gasteiger partial charge in [-0.15, -0.1) is 0 Å². The van der Waals surface area contributed by atoms with E-state index >= 15 is 0 Å². The Morgan fingerprint density at radius 1 is 0.833 bits per heavy atom. The van der Waals surface area contributed by atoms with Gasteiger partial charge in [-0.1, -0.05) is 27.7 Å². The minimum atomic E-state index is -1.06. The summed E-state index contributed by atoms with van der Waals surface area (Å²) in [5.74, 6) is -2.00. The topological polar surface area (TPSA) is 139 Å². The highest BCUT2D eigenvalue weighted by Gasteiger charge is 2.38. The van der Waals surface area contributed by atoms with Crippen molar-refractivity contribution in [2.75, 3.05) is 0 Å². The Balaban J connectivity index is 0. The SMILES string of the molecule is CC(C)OC(=O)NC(C(=O)O)C(C)(C)SC(C)C.CC(C)SC(C)(C)C(N)C(=O)O. The highest BCUT2D eigenvalue weighted by Crippen LogP contribution is 2.32. The number of alkyl carbamates (subject to hydrolysis) is 1. The zero-order chi connectivity index (χ0) is 24.4. The first-order chi connectivity index (χ1) is 13.3. The van der Waals surface area contributed by atoms with Crippen LogP contribution >= 0.6 is 23.5 Å². The lowest BCUT2D eigenvalue weighted by atomic mass is 10.0. The van der Waals surface area contributed by atoms with Crippen LogP contribution in [0.15, 0.2) is 0 Å². The van der Waals surface area contributed by atoms with Crippen molar-refractivity contribution in [3.8, 4) is 0 Å². The fourth-order valence-corrected chi connectivity index (χ4v) is 5.53. The molecule has 0 aromatic rings. The van der Waals surface area contributed by atoms with Crippen LogP contribution in [0.1, 0.15) is 69.2 Å². The maximum absolute atomic E-state index is 11.5. The molecule has 2 atom stereocenters. The number of amides is 1. The fourth-order valence-electron chi connectivity index (χ4n) is 2.55. The standard InChI is InChI=1S/C12H23NO4S.C8H17NO2S/c1-7(2)17-11(16)13-9(10(14)15)12(5,6)18-8(3)4;1-5(2)12-8(3,4)6(9)7(10)11/h7-9H,1-6H3,(H,13,16)(H,14,15);5-6H,9H2,1-4H3,(H,10,11). The van der Waals surface area contributed by atoms with E-state index in [2.05, 4.69) is 5.32 Å². The van der Waals surface area contributed by atoms with Crippen molar-refractivity contribution in [3.05, 3.63) is 0 Å². The quantitative estimate of drug-likeness (QED) is 0.377. The summed E-state index contributed by atoms with van der Waals surface area (Å²) < 4.78 is 3.89. The van der Waals surface area contributed by atoms with E-state index in [4.69, 9.17) is 15.6 Å². The van der Waals surface area contributed by atoms with Crippen LogP contribution < -0.4 is 11.1 Å². The molecule has 0 aromatic carbocycles. The van der Waals surface area contributed by atoms with Crippen LogP contribution in [0.2, 0.25) is 0 Å². The van der Waals surface area contributed by atoms with E-state index in [0.29, 0.717) is 5.25 Å². The van der Waals surface area contributed by atoms with E-state index < -0.39 is 39.6 Å². The summed E-state index contributed by atoms with van der Waals surface area (Å²) in [5, 5.41) is 21.0. The lowest BCUT2D eigenvalue weighted by Crippen LogP contribution is -2.53. The molecule has 0 aromatic heterocycles. The smallest absolute Gasteiger partial charge is 0.408 e. The van der Waals surface area contributed by atoms with E-state index in [0.717, 1.165) is 0 Å². The molecule has 0 fully saturated rings. The average molecular weight is 469 g/mol. The molecule has 5 N–H and O–H groups in total.